The maximum absolute atomic E-state index is 12.1. The van der Waals surface area contributed by atoms with Crippen LogP contribution in [0.3, 0.4) is 0 Å². The van der Waals surface area contributed by atoms with Gasteiger partial charge in [0.2, 0.25) is 11.8 Å². The first-order valence-corrected chi connectivity index (χ1v) is 16.1. The summed E-state index contributed by atoms with van der Waals surface area (Å²) in [6.07, 6.45) is -30.8. The minimum atomic E-state index is -1.96. The minimum Gasteiger partial charge on any atom is -0.394 e. The molecule has 0 aliphatic carbocycles. The molecule has 4 aliphatic rings. The quantitative estimate of drug-likeness (QED) is 0.0881. The third kappa shape index (κ3) is 9.29. The van der Waals surface area contributed by atoms with E-state index in [4.69, 9.17) is 33.2 Å². The molecule has 14 N–H and O–H groups in total. The molecule has 4 aliphatic heterocycles. The summed E-state index contributed by atoms with van der Waals surface area (Å²) in [5.74, 6) is -1.36. The lowest BCUT2D eigenvalue weighted by Gasteiger charge is -2.48. The van der Waals surface area contributed by atoms with E-state index in [0.717, 1.165) is 13.8 Å². The van der Waals surface area contributed by atoms with Gasteiger partial charge in [0.25, 0.3) is 0 Å². The first-order valence-electron chi connectivity index (χ1n) is 16.1. The number of hydrogen-bond acceptors (Lipinski definition) is 21. The normalized spacial score (nSPS) is 47.8. The fraction of sp³-hybridized carbons (Fsp3) is 0.929. The van der Waals surface area contributed by atoms with Crippen LogP contribution in [0.15, 0.2) is 0 Å². The lowest BCUT2D eigenvalue weighted by molar-refractivity contribution is -0.360. The Morgan fingerprint density at radius 3 is 1.41 bits per heavy atom. The van der Waals surface area contributed by atoms with Gasteiger partial charge in [0.05, 0.1) is 26.4 Å². The Kier molecular flexibility index (Phi) is 14.8. The van der Waals surface area contributed by atoms with Gasteiger partial charge in [-0.1, -0.05) is 0 Å². The van der Waals surface area contributed by atoms with Crippen LogP contribution in [0.25, 0.3) is 0 Å². The Morgan fingerprint density at radius 1 is 0.510 bits per heavy atom. The largest absolute Gasteiger partial charge is 0.394 e. The third-order valence-electron chi connectivity index (χ3n) is 8.99. The van der Waals surface area contributed by atoms with E-state index in [1.807, 2.05) is 0 Å². The van der Waals surface area contributed by atoms with Crippen LogP contribution in [0.4, 0.5) is 0 Å². The predicted octanol–water partition coefficient (Wildman–Crippen LogP) is -9.46. The van der Waals surface area contributed by atoms with Gasteiger partial charge >= 0.3 is 0 Å². The van der Waals surface area contributed by atoms with E-state index in [0.29, 0.717) is 0 Å². The van der Waals surface area contributed by atoms with Crippen LogP contribution < -0.4 is 10.6 Å². The van der Waals surface area contributed by atoms with Crippen molar-refractivity contribution in [3.63, 3.8) is 0 Å². The molecule has 4 rings (SSSR count). The molecular weight excluding hydrogens is 700 g/mol. The second-order valence-corrected chi connectivity index (χ2v) is 12.7. The van der Waals surface area contributed by atoms with E-state index in [1.54, 1.807) is 0 Å². The van der Waals surface area contributed by atoms with E-state index < -0.39 is 161 Å². The van der Waals surface area contributed by atoms with Crippen molar-refractivity contribution < 1.29 is 104 Å². The van der Waals surface area contributed by atoms with E-state index in [1.165, 1.54) is 0 Å². The molecule has 0 spiro atoms. The van der Waals surface area contributed by atoms with Crippen molar-refractivity contribution in [2.75, 3.05) is 26.4 Å². The average molecular weight is 749 g/mol. The van der Waals surface area contributed by atoms with Crippen molar-refractivity contribution in [2.24, 2.45) is 0 Å². The van der Waals surface area contributed by atoms with Crippen LogP contribution in [0, 0.1) is 0 Å². The van der Waals surface area contributed by atoms with Crippen molar-refractivity contribution in [3.05, 3.63) is 0 Å². The van der Waals surface area contributed by atoms with E-state index >= 15 is 0 Å². The zero-order valence-electron chi connectivity index (χ0n) is 27.4. The molecule has 0 unspecified atom stereocenters. The number of carbonyl (C=O) groups is 2. The molecule has 0 bridgehead atoms. The molecule has 4 saturated heterocycles. The zero-order valence-corrected chi connectivity index (χ0v) is 27.4. The Labute approximate surface area is 289 Å². The van der Waals surface area contributed by atoms with Gasteiger partial charge < -0.3 is 105 Å². The standard InChI is InChI=1S/C28H48N2O21/c1-7(34)29-13-17(38)23(10(4-32)46-25(13)44)50-28-22(43)20(41)16(37)12(49-28)6-45-26-14(30-8(2)35)18(39)24(11(5-33)48-26)51-27-21(42)19(40)15(36)9(3-31)47-27/h9-28,31-33,36-44H,3-6H2,1-2H3,(H,29,34)(H,30,35)/t9-,10-,11-,12-,13-,14-,15+,16+,17-,18+,19+,20+,21-,22-,23-,24-,25-,26+,27+,28+/m1/s1. The fourth-order valence-electron chi connectivity index (χ4n) is 6.25. The molecule has 0 aromatic rings. The van der Waals surface area contributed by atoms with Gasteiger partial charge in [-0.3, -0.25) is 9.59 Å². The van der Waals surface area contributed by atoms with Crippen LogP contribution in [0.2, 0.25) is 0 Å². The van der Waals surface area contributed by atoms with Gasteiger partial charge in [-0.25, -0.2) is 0 Å². The summed E-state index contributed by atoms with van der Waals surface area (Å²) in [4.78, 5) is 23.7. The molecule has 51 heavy (non-hydrogen) atoms. The number of aliphatic hydroxyl groups is 12. The van der Waals surface area contributed by atoms with Crippen molar-refractivity contribution >= 4 is 11.8 Å². The molecule has 4 fully saturated rings. The lowest BCUT2D eigenvalue weighted by atomic mass is 9.95. The Hall–Kier alpha value is -1.82. The average Bonchev–Trinajstić information content (AvgIpc) is 3.09. The summed E-state index contributed by atoms with van der Waals surface area (Å²) in [5.41, 5.74) is 0. The van der Waals surface area contributed by atoms with Gasteiger partial charge in [-0.2, -0.15) is 0 Å². The first-order chi connectivity index (χ1) is 24.0. The fourth-order valence-corrected chi connectivity index (χ4v) is 6.25. The Balaban J connectivity index is 1.48. The van der Waals surface area contributed by atoms with Crippen molar-refractivity contribution in [1.82, 2.24) is 10.6 Å². The summed E-state index contributed by atoms with van der Waals surface area (Å²) < 4.78 is 38.9. The van der Waals surface area contributed by atoms with Crippen LogP contribution in [0.1, 0.15) is 13.8 Å². The molecule has 23 nitrogen and oxygen atoms in total. The van der Waals surface area contributed by atoms with Crippen molar-refractivity contribution in [3.8, 4) is 0 Å². The first kappa shape index (κ1) is 41.9. The lowest BCUT2D eigenvalue weighted by Crippen LogP contribution is -2.68. The molecule has 0 aromatic heterocycles. The van der Waals surface area contributed by atoms with Crippen LogP contribution in [0.5, 0.6) is 0 Å². The summed E-state index contributed by atoms with van der Waals surface area (Å²) in [6, 6.07) is -2.94. The Bertz CT molecular complexity index is 1140. The number of carbonyl (C=O) groups excluding carboxylic acids is 2. The van der Waals surface area contributed by atoms with Gasteiger partial charge in [0.15, 0.2) is 25.2 Å². The molecule has 20 atom stereocenters. The number of amides is 2. The highest BCUT2D eigenvalue weighted by atomic mass is 16.8. The molecule has 0 saturated carbocycles. The SMILES string of the molecule is CC(=O)N[C@@H]1[C@@H](O)[C@H](O[C@@H]2O[C@H](CO[C@H]3O[C@H](CO)[C@@H](O[C@@H]4O[C@H](CO)[C@H](O)[C@H](O)[C@H]4O)[C@@H](O)[C@H]3NC(C)=O)[C@H](O)[C@H](O)[C@H]2O)[C@@H](CO)O[C@H]1O. The predicted molar refractivity (Wildman–Crippen MR) is 157 cm³/mol. The van der Waals surface area contributed by atoms with E-state index in [-0.39, 0.29) is 0 Å². The van der Waals surface area contributed by atoms with Gasteiger partial charge in [0.1, 0.15) is 97.5 Å². The third-order valence-corrected chi connectivity index (χ3v) is 8.99. The van der Waals surface area contributed by atoms with Crippen LogP contribution in [-0.4, -0.2) is 222 Å². The second kappa shape index (κ2) is 18.0. The summed E-state index contributed by atoms with van der Waals surface area (Å²) in [6.45, 7) is -0.985. The van der Waals surface area contributed by atoms with Crippen LogP contribution >= 0.6 is 0 Å². The molecule has 2 amide bonds. The number of ether oxygens (including phenoxy) is 7. The van der Waals surface area contributed by atoms with E-state index in [2.05, 4.69) is 10.6 Å². The number of aliphatic hydroxyl groups excluding tert-OH is 12. The zero-order chi connectivity index (χ0) is 37.9. The van der Waals surface area contributed by atoms with E-state index in [9.17, 15) is 70.9 Å². The molecule has 0 aromatic carbocycles. The summed E-state index contributed by atoms with van der Waals surface area (Å²) in [5, 5.41) is 129. The Morgan fingerprint density at radius 2 is 0.922 bits per heavy atom. The maximum atomic E-state index is 12.1. The van der Waals surface area contributed by atoms with Crippen molar-refractivity contribution in [2.45, 2.75) is 137 Å². The molecular formula is C28H48N2O21. The number of hydrogen-bond donors (Lipinski definition) is 14. The molecule has 0 radical (unpaired) electrons. The summed E-state index contributed by atoms with van der Waals surface area (Å²) in [7, 11) is 0. The number of nitrogens with one attached hydrogen (secondary N) is 2. The molecule has 4 heterocycles. The number of rotatable bonds is 12. The monoisotopic (exact) mass is 748 g/mol. The van der Waals surface area contributed by atoms with Crippen LogP contribution in [-0.2, 0) is 42.7 Å². The minimum absolute atomic E-state index is 0.657. The molecule has 23 heteroatoms. The highest BCUT2D eigenvalue weighted by Crippen LogP contribution is 2.32. The van der Waals surface area contributed by atoms with Crippen molar-refractivity contribution in [1.29, 1.82) is 0 Å². The van der Waals surface area contributed by atoms with Gasteiger partial charge in [-0.05, 0) is 0 Å². The highest BCUT2D eigenvalue weighted by Gasteiger charge is 2.54. The van der Waals surface area contributed by atoms with Gasteiger partial charge in [0, 0.05) is 13.8 Å². The highest BCUT2D eigenvalue weighted by molar-refractivity contribution is 5.73. The summed E-state index contributed by atoms with van der Waals surface area (Å²) >= 11 is 0. The maximum Gasteiger partial charge on any atom is 0.217 e. The topological polar surface area (TPSA) is 366 Å². The second-order valence-electron chi connectivity index (χ2n) is 12.7. The van der Waals surface area contributed by atoms with Gasteiger partial charge in [-0.15, -0.1) is 0 Å². The smallest absolute Gasteiger partial charge is 0.217 e. The molecule has 296 valence electrons.